The Hall–Kier alpha value is -3.49. The molecule has 0 heterocycles. The number of ether oxygens (including phenoxy) is 2. The van der Waals surface area contributed by atoms with Crippen molar-refractivity contribution in [3.8, 4) is 5.75 Å². The first-order chi connectivity index (χ1) is 12.9. The van der Waals surface area contributed by atoms with E-state index >= 15 is 0 Å². The number of esters is 1. The van der Waals surface area contributed by atoms with Gasteiger partial charge in [-0.3, -0.25) is 14.9 Å². The molecule has 8 nitrogen and oxygen atoms in total. The molecule has 0 atom stereocenters. The maximum absolute atomic E-state index is 13.5. The van der Waals surface area contributed by atoms with Crippen molar-refractivity contribution in [2.24, 2.45) is 0 Å². The Kier molecular flexibility index (Phi) is 6.81. The minimum absolute atomic E-state index is 0.0885. The van der Waals surface area contributed by atoms with Crippen LogP contribution in [0.4, 0.5) is 10.1 Å². The number of benzene rings is 2. The Morgan fingerprint density at radius 3 is 2.63 bits per heavy atom. The molecule has 0 saturated carbocycles. The van der Waals surface area contributed by atoms with E-state index in [0.717, 1.165) is 6.07 Å². The van der Waals surface area contributed by atoms with Gasteiger partial charge in [0, 0.05) is 18.7 Å². The molecule has 0 fully saturated rings. The molecule has 27 heavy (non-hydrogen) atoms. The highest BCUT2D eigenvalue weighted by Crippen LogP contribution is 2.24. The number of nitro benzene ring substituents is 1. The summed E-state index contributed by atoms with van der Waals surface area (Å²) in [5, 5.41) is 13.3. The van der Waals surface area contributed by atoms with Gasteiger partial charge in [-0.2, -0.15) is 0 Å². The van der Waals surface area contributed by atoms with Gasteiger partial charge in [0.2, 0.25) is 0 Å². The molecule has 1 N–H and O–H groups in total. The quantitative estimate of drug-likeness (QED) is 0.430. The number of nitrogens with one attached hydrogen (secondary N) is 1. The van der Waals surface area contributed by atoms with Gasteiger partial charge in [0.1, 0.15) is 17.1 Å². The van der Waals surface area contributed by atoms with Crippen molar-refractivity contribution in [1.82, 2.24) is 5.32 Å². The molecular formula is C18H17FN2O6. The van der Waals surface area contributed by atoms with E-state index in [1.54, 1.807) is 18.2 Å². The highest BCUT2D eigenvalue weighted by molar-refractivity contribution is 5.94. The monoisotopic (exact) mass is 376 g/mol. The Morgan fingerprint density at radius 2 is 1.96 bits per heavy atom. The molecule has 0 saturated heterocycles. The van der Waals surface area contributed by atoms with Gasteiger partial charge in [0.05, 0.1) is 12.0 Å². The second kappa shape index (κ2) is 9.27. The fourth-order valence-corrected chi connectivity index (χ4v) is 2.27. The third-order valence-electron chi connectivity index (χ3n) is 3.62. The SMILES string of the molecule is COc1ccc([N+](=O)[O-])cc1C(=O)OCC(=O)NCCc1ccccc1F. The molecule has 0 aromatic heterocycles. The van der Waals surface area contributed by atoms with Crippen LogP contribution in [0.15, 0.2) is 42.5 Å². The number of halogens is 1. The van der Waals surface area contributed by atoms with Gasteiger partial charge in [-0.15, -0.1) is 0 Å². The third-order valence-corrected chi connectivity index (χ3v) is 3.62. The number of rotatable bonds is 8. The van der Waals surface area contributed by atoms with Crippen molar-refractivity contribution in [3.63, 3.8) is 0 Å². The largest absolute Gasteiger partial charge is 0.496 e. The van der Waals surface area contributed by atoms with Crippen LogP contribution in [0.2, 0.25) is 0 Å². The van der Waals surface area contributed by atoms with Crippen LogP contribution in [0.1, 0.15) is 15.9 Å². The first-order valence-corrected chi connectivity index (χ1v) is 7.92. The minimum Gasteiger partial charge on any atom is -0.496 e. The molecule has 0 aliphatic carbocycles. The fraction of sp³-hybridized carbons (Fsp3) is 0.222. The number of hydrogen-bond donors (Lipinski definition) is 1. The second-order valence-electron chi connectivity index (χ2n) is 5.41. The van der Waals surface area contributed by atoms with Crippen molar-refractivity contribution < 1.29 is 28.4 Å². The lowest BCUT2D eigenvalue weighted by Crippen LogP contribution is -2.30. The van der Waals surface area contributed by atoms with E-state index in [2.05, 4.69) is 5.32 Å². The van der Waals surface area contributed by atoms with Crippen molar-refractivity contribution in [1.29, 1.82) is 0 Å². The number of hydrogen-bond acceptors (Lipinski definition) is 6. The summed E-state index contributed by atoms with van der Waals surface area (Å²) >= 11 is 0. The van der Waals surface area contributed by atoms with Crippen molar-refractivity contribution >= 4 is 17.6 Å². The molecule has 0 radical (unpaired) electrons. The van der Waals surface area contributed by atoms with Crippen LogP contribution in [0.25, 0.3) is 0 Å². The predicted molar refractivity (Wildman–Crippen MR) is 93.0 cm³/mol. The smallest absolute Gasteiger partial charge is 0.342 e. The van der Waals surface area contributed by atoms with Crippen LogP contribution < -0.4 is 10.1 Å². The molecule has 2 aromatic carbocycles. The number of nitrogens with zero attached hydrogens (tertiary/aromatic N) is 1. The molecule has 9 heteroatoms. The Balaban J connectivity index is 1.87. The molecular weight excluding hydrogens is 359 g/mol. The summed E-state index contributed by atoms with van der Waals surface area (Å²) in [7, 11) is 1.30. The summed E-state index contributed by atoms with van der Waals surface area (Å²) in [6.45, 7) is -0.417. The van der Waals surface area contributed by atoms with E-state index in [1.807, 2.05) is 0 Å². The lowest BCUT2D eigenvalue weighted by molar-refractivity contribution is -0.384. The lowest BCUT2D eigenvalue weighted by Gasteiger charge is -2.09. The number of carbonyl (C=O) groups excluding carboxylic acids is 2. The predicted octanol–water partition coefficient (Wildman–Crippen LogP) is 2.26. The fourth-order valence-electron chi connectivity index (χ4n) is 2.27. The molecule has 0 aliphatic heterocycles. The second-order valence-corrected chi connectivity index (χ2v) is 5.41. The van der Waals surface area contributed by atoms with Gasteiger partial charge >= 0.3 is 5.97 Å². The molecule has 0 aliphatic rings. The first-order valence-electron chi connectivity index (χ1n) is 7.92. The summed E-state index contributed by atoms with van der Waals surface area (Å²) in [5.41, 5.74) is -0.0147. The number of non-ortho nitro benzene ring substituents is 1. The van der Waals surface area contributed by atoms with Gasteiger partial charge in [0.25, 0.3) is 11.6 Å². The summed E-state index contributed by atoms with van der Waals surface area (Å²) < 4.78 is 23.3. The highest BCUT2D eigenvalue weighted by atomic mass is 19.1. The Morgan fingerprint density at radius 1 is 1.22 bits per heavy atom. The van der Waals surface area contributed by atoms with E-state index in [0.29, 0.717) is 5.56 Å². The van der Waals surface area contributed by atoms with E-state index in [1.165, 1.54) is 25.3 Å². The summed E-state index contributed by atoms with van der Waals surface area (Å²) in [4.78, 5) is 34.0. The topological polar surface area (TPSA) is 108 Å². The third kappa shape index (κ3) is 5.50. The molecule has 1 amide bonds. The van der Waals surface area contributed by atoms with Crippen LogP contribution in [-0.2, 0) is 16.0 Å². The van der Waals surface area contributed by atoms with Gasteiger partial charge in [-0.05, 0) is 24.1 Å². The number of carbonyl (C=O) groups is 2. The van der Waals surface area contributed by atoms with Crippen molar-refractivity contribution in [2.45, 2.75) is 6.42 Å². The Labute approximate surface area is 154 Å². The van der Waals surface area contributed by atoms with Crippen LogP contribution in [-0.4, -0.2) is 37.1 Å². The van der Waals surface area contributed by atoms with E-state index in [9.17, 15) is 24.1 Å². The van der Waals surface area contributed by atoms with Crippen LogP contribution in [0, 0.1) is 15.9 Å². The van der Waals surface area contributed by atoms with E-state index in [4.69, 9.17) is 9.47 Å². The standard InChI is InChI=1S/C18H17FN2O6/c1-26-16-7-6-13(21(24)25)10-14(16)18(23)27-11-17(22)20-9-8-12-4-2-3-5-15(12)19/h2-7,10H,8-9,11H2,1H3,(H,20,22). The highest BCUT2D eigenvalue weighted by Gasteiger charge is 2.19. The van der Waals surface area contributed by atoms with Gasteiger partial charge in [-0.1, -0.05) is 18.2 Å². The average Bonchev–Trinajstić information content (AvgIpc) is 2.67. The number of amides is 1. The summed E-state index contributed by atoms with van der Waals surface area (Å²) in [5.74, 6) is -1.79. The zero-order chi connectivity index (χ0) is 19.8. The van der Waals surface area contributed by atoms with Gasteiger partial charge in [0.15, 0.2) is 6.61 Å². The van der Waals surface area contributed by atoms with Crippen LogP contribution in [0.3, 0.4) is 0 Å². The van der Waals surface area contributed by atoms with E-state index < -0.39 is 23.4 Å². The van der Waals surface area contributed by atoms with Crippen molar-refractivity contribution in [2.75, 3.05) is 20.3 Å². The first kappa shape index (κ1) is 19.8. The molecule has 2 aromatic rings. The average molecular weight is 376 g/mol. The molecule has 0 bridgehead atoms. The van der Waals surface area contributed by atoms with E-state index in [-0.39, 0.29) is 35.8 Å². The zero-order valence-electron chi connectivity index (χ0n) is 14.4. The maximum Gasteiger partial charge on any atom is 0.342 e. The zero-order valence-corrected chi connectivity index (χ0v) is 14.4. The normalized spacial score (nSPS) is 10.1. The van der Waals surface area contributed by atoms with Crippen molar-refractivity contribution in [3.05, 3.63) is 69.5 Å². The molecule has 2 rings (SSSR count). The summed E-state index contributed by atoms with van der Waals surface area (Å²) in [6, 6.07) is 9.65. The lowest BCUT2D eigenvalue weighted by atomic mass is 10.1. The Bertz CT molecular complexity index is 855. The van der Waals surface area contributed by atoms with Gasteiger partial charge < -0.3 is 14.8 Å². The molecule has 0 unspecified atom stereocenters. The molecule has 142 valence electrons. The summed E-state index contributed by atoms with van der Waals surface area (Å²) in [6.07, 6.45) is 0.283. The number of methoxy groups -OCH3 is 1. The van der Waals surface area contributed by atoms with Crippen LogP contribution >= 0.6 is 0 Å². The van der Waals surface area contributed by atoms with Crippen LogP contribution in [0.5, 0.6) is 5.75 Å². The number of nitro groups is 1. The van der Waals surface area contributed by atoms with Gasteiger partial charge in [-0.25, -0.2) is 9.18 Å². The maximum atomic E-state index is 13.5. The molecule has 0 spiro atoms. The minimum atomic E-state index is -0.931.